The van der Waals surface area contributed by atoms with Gasteiger partial charge in [0.05, 0.1) is 6.21 Å². The fourth-order valence-electron chi connectivity index (χ4n) is 1.08. The summed E-state index contributed by atoms with van der Waals surface area (Å²) in [6.07, 6.45) is 2.70. The van der Waals surface area contributed by atoms with Crippen LogP contribution in [-0.4, -0.2) is 21.4 Å². The lowest BCUT2D eigenvalue weighted by Gasteiger charge is -1.96. The fraction of sp³-hybridized carbons (Fsp3) is 0. The zero-order valence-corrected chi connectivity index (χ0v) is 10.2. The van der Waals surface area contributed by atoms with Crippen LogP contribution in [0.3, 0.4) is 0 Å². The number of hydrazone groups is 1. The van der Waals surface area contributed by atoms with Gasteiger partial charge in [-0.25, -0.2) is 5.43 Å². The minimum atomic E-state index is -0.332. The first-order valence-electron chi connectivity index (χ1n) is 4.71. The maximum absolute atomic E-state index is 10.9. The summed E-state index contributed by atoms with van der Waals surface area (Å²) < 4.78 is 1.00. The van der Waals surface area contributed by atoms with Gasteiger partial charge < -0.3 is 0 Å². The van der Waals surface area contributed by atoms with E-state index in [4.69, 9.17) is 0 Å². The average Bonchev–Trinajstić information content (AvgIpc) is 2.32. The molecule has 7 heteroatoms. The second-order valence-corrected chi connectivity index (χ2v) is 4.02. The van der Waals surface area contributed by atoms with Gasteiger partial charge in [0.2, 0.25) is 5.95 Å². The van der Waals surface area contributed by atoms with Gasteiger partial charge in [-0.3, -0.25) is 9.78 Å². The summed E-state index contributed by atoms with van der Waals surface area (Å²) in [7, 11) is 0. The number of hydrogen-bond donors (Lipinski definition) is 2. The van der Waals surface area contributed by atoms with E-state index in [1.54, 1.807) is 6.21 Å². The highest BCUT2D eigenvalue weighted by atomic mass is 79.9. The van der Waals surface area contributed by atoms with Crippen molar-refractivity contribution in [3.05, 3.63) is 50.9 Å². The lowest BCUT2D eigenvalue weighted by molar-refractivity contribution is 0.939. The van der Waals surface area contributed by atoms with E-state index in [1.807, 2.05) is 24.3 Å². The predicted octanol–water partition coefficient (Wildman–Crippen LogP) is 1.37. The molecule has 0 unspecified atom stereocenters. The van der Waals surface area contributed by atoms with Gasteiger partial charge in [-0.05, 0) is 17.7 Å². The number of hydrogen-bond acceptors (Lipinski definition) is 5. The molecular formula is C10H8BrN5O. The van der Waals surface area contributed by atoms with Crippen LogP contribution in [-0.2, 0) is 0 Å². The maximum atomic E-state index is 10.9. The van der Waals surface area contributed by atoms with Crippen LogP contribution in [0.15, 0.2) is 44.8 Å². The van der Waals surface area contributed by atoms with Gasteiger partial charge >= 0.3 is 0 Å². The topological polar surface area (TPSA) is 83.0 Å². The summed E-state index contributed by atoms with van der Waals surface area (Å²) in [5.41, 5.74) is 3.17. The minimum Gasteiger partial charge on any atom is -0.289 e. The molecule has 0 fully saturated rings. The number of aromatic nitrogens is 3. The molecule has 1 aromatic carbocycles. The van der Waals surface area contributed by atoms with Gasteiger partial charge in [-0.1, -0.05) is 28.1 Å². The molecule has 0 aliphatic rings. The number of aromatic amines is 1. The number of nitrogens with zero attached hydrogens (tertiary/aromatic N) is 3. The molecule has 0 bridgehead atoms. The van der Waals surface area contributed by atoms with Gasteiger partial charge in [0.15, 0.2) is 0 Å². The Hall–Kier alpha value is -2.02. The van der Waals surface area contributed by atoms with Crippen molar-refractivity contribution < 1.29 is 0 Å². The van der Waals surface area contributed by atoms with E-state index in [1.165, 1.54) is 0 Å². The molecule has 0 saturated heterocycles. The lowest BCUT2D eigenvalue weighted by atomic mass is 10.2. The Kier molecular flexibility index (Phi) is 3.61. The standard InChI is InChI=1S/C10H8BrN5O/c11-8-3-1-7(2-4-8)5-12-15-10-14-9(17)6-13-16-10/h1-6H,(H2,14,15,16,17)/b12-5+. The van der Waals surface area contributed by atoms with Crippen LogP contribution in [0.5, 0.6) is 0 Å². The SMILES string of the molecule is O=c1cnnc(N/N=C/c2ccc(Br)cc2)[nH]1. The van der Waals surface area contributed by atoms with Crippen molar-refractivity contribution >= 4 is 28.1 Å². The quantitative estimate of drug-likeness (QED) is 0.661. The van der Waals surface area contributed by atoms with Crippen molar-refractivity contribution in [2.24, 2.45) is 5.10 Å². The van der Waals surface area contributed by atoms with Crippen LogP contribution in [0.4, 0.5) is 5.95 Å². The molecule has 2 N–H and O–H groups in total. The number of rotatable bonds is 3. The summed E-state index contributed by atoms with van der Waals surface area (Å²) in [6.45, 7) is 0. The highest BCUT2D eigenvalue weighted by Gasteiger charge is 1.92. The third-order valence-corrected chi connectivity index (χ3v) is 2.36. The normalized spacial score (nSPS) is 10.6. The summed E-state index contributed by atoms with van der Waals surface area (Å²) in [5.74, 6) is 0.200. The first-order chi connectivity index (χ1) is 8.24. The molecule has 1 heterocycles. The largest absolute Gasteiger partial charge is 0.289 e. The molecule has 0 aliphatic heterocycles. The maximum Gasteiger partial charge on any atom is 0.271 e. The van der Waals surface area contributed by atoms with Gasteiger partial charge in [0, 0.05) is 4.47 Å². The molecule has 0 amide bonds. The van der Waals surface area contributed by atoms with Crippen LogP contribution < -0.4 is 11.0 Å². The third-order valence-electron chi connectivity index (χ3n) is 1.83. The first kappa shape index (κ1) is 11.5. The van der Waals surface area contributed by atoms with Crippen molar-refractivity contribution in [1.82, 2.24) is 15.2 Å². The Labute approximate surface area is 105 Å². The van der Waals surface area contributed by atoms with E-state index in [0.29, 0.717) is 0 Å². The van der Waals surface area contributed by atoms with Crippen molar-refractivity contribution in [3.63, 3.8) is 0 Å². The Morgan fingerprint density at radius 3 is 2.82 bits per heavy atom. The lowest BCUT2D eigenvalue weighted by Crippen LogP contribution is -2.10. The Morgan fingerprint density at radius 1 is 1.35 bits per heavy atom. The highest BCUT2D eigenvalue weighted by Crippen LogP contribution is 2.08. The molecule has 0 aliphatic carbocycles. The Morgan fingerprint density at radius 2 is 2.12 bits per heavy atom. The number of halogens is 1. The first-order valence-corrected chi connectivity index (χ1v) is 5.50. The predicted molar refractivity (Wildman–Crippen MR) is 68.0 cm³/mol. The Balaban J connectivity index is 2.02. The number of H-pyrrole nitrogens is 1. The van der Waals surface area contributed by atoms with Crippen LogP contribution in [0.25, 0.3) is 0 Å². The van der Waals surface area contributed by atoms with Crippen LogP contribution >= 0.6 is 15.9 Å². The fourth-order valence-corrected chi connectivity index (χ4v) is 1.34. The van der Waals surface area contributed by atoms with Crippen molar-refractivity contribution in [2.45, 2.75) is 0 Å². The molecule has 0 atom stereocenters. The zero-order valence-electron chi connectivity index (χ0n) is 8.59. The molecule has 2 rings (SSSR count). The van der Waals surface area contributed by atoms with E-state index >= 15 is 0 Å². The van der Waals surface area contributed by atoms with Crippen LogP contribution in [0.2, 0.25) is 0 Å². The summed E-state index contributed by atoms with van der Waals surface area (Å²) in [6, 6.07) is 7.61. The van der Waals surface area contributed by atoms with Gasteiger partial charge in [-0.2, -0.15) is 5.10 Å². The molecular weight excluding hydrogens is 286 g/mol. The van der Waals surface area contributed by atoms with Crippen LogP contribution in [0.1, 0.15) is 5.56 Å². The van der Waals surface area contributed by atoms with Gasteiger partial charge in [0.1, 0.15) is 6.20 Å². The zero-order chi connectivity index (χ0) is 12.1. The second kappa shape index (κ2) is 5.35. The highest BCUT2D eigenvalue weighted by molar-refractivity contribution is 9.10. The molecule has 17 heavy (non-hydrogen) atoms. The number of anilines is 1. The van der Waals surface area contributed by atoms with Gasteiger partial charge in [0.25, 0.3) is 5.56 Å². The summed E-state index contributed by atoms with van der Waals surface area (Å²) in [5, 5.41) is 11.1. The molecule has 2 aromatic rings. The molecule has 6 nitrogen and oxygen atoms in total. The van der Waals surface area contributed by atoms with E-state index in [2.05, 4.69) is 41.6 Å². The summed E-state index contributed by atoms with van der Waals surface area (Å²) >= 11 is 3.34. The second-order valence-electron chi connectivity index (χ2n) is 3.10. The monoisotopic (exact) mass is 293 g/mol. The molecule has 1 aromatic heterocycles. The number of nitrogens with one attached hydrogen (secondary N) is 2. The van der Waals surface area contributed by atoms with Gasteiger partial charge in [-0.15, -0.1) is 10.2 Å². The van der Waals surface area contributed by atoms with Crippen molar-refractivity contribution in [2.75, 3.05) is 5.43 Å². The summed E-state index contributed by atoms with van der Waals surface area (Å²) in [4.78, 5) is 13.3. The molecule has 0 radical (unpaired) electrons. The molecule has 0 saturated carbocycles. The average molecular weight is 294 g/mol. The van der Waals surface area contributed by atoms with Crippen molar-refractivity contribution in [3.8, 4) is 0 Å². The smallest absolute Gasteiger partial charge is 0.271 e. The van der Waals surface area contributed by atoms with Crippen LogP contribution in [0, 0.1) is 0 Å². The Bertz CT molecular complexity index is 578. The third kappa shape index (κ3) is 3.49. The van der Waals surface area contributed by atoms with E-state index < -0.39 is 0 Å². The van der Waals surface area contributed by atoms with E-state index in [-0.39, 0.29) is 11.5 Å². The molecule has 0 spiro atoms. The van der Waals surface area contributed by atoms with Crippen molar-refractivity contribution in [1.29, 1.82) is 0 Å². The molecule has 86 valence electrons. The van der Waals surface area contributed by atoms with E-state index in [9.17, 15) is 4.79 Å². The van der Waals surface area contributed by atoms with E-state index in [0.717, 1.165) is 16.2 Å². The number of benzene rings is 1. The minimum absolute atomic E-state index is 0.200.